The second-order valence-electron chi connectivity index (χ2n) is 7.61. The Labute approximate surface area is 151 Å². The van der Waals surface area contributed by atoms with E-state index < -0.39 is 37.3 Å². The van der Waals surface area contributed by atoms with Crippen molar-refractivity contribution in [2.75, 3.05) is 20.3 Å². The molecular weight excluding hydrogens is 342 g/mol. The molecule has 0 bridgehead atoms. The standard InChI is InChI=1S/C17H27N3O6/c1-25-17-14(16(24)15(23)13(7-22)26-17)20-12-5-3-9-8(10(9)6-21)2-4-11(12)18-19-20/h8-10,13-17,21-24H,2-7H2,1H3/t8-,9+,10-,13+,14+,15+,16+,17-/m0/s1. The Morgan fingerprint density at radius 2 is 1.85 bits per heavy atom. The number of nitrogens with zero attached hydrogens (tertiary/aromatic N) is 3. The van der Waals surface area contributed by atoms with E-state index in [-0.39, 0.29) is 6.61 Å². The summed E-state index contributed by atoms with van der Waals surface area (Å²) in [6.07, 6.45) is -0.727. The molecule has 2 heterocycles. The number of fused-ring (bicyclic) bond motifs is 2. The summed E-state index contributed by atoms with van der Waals surface area (Å²) in [4.78, 5) is 0. The van der Waals surface area contributed by atoms with Crippen LogP contribution in [0, 0.1) is 17.8 Å². The third-order valence-electron chi connectivity index (χ3n) is 6.38. The van der Waals surface area contributed by atoms with Crippen LogP contribution < -0.4 is 0 Å². The van der Waals surface area contributed by atoms with Crippen LogP contribution in [-0.4, -0.2) is 80.3 Å². The van der Waals surface area contributed by atoms with Gasteiger partial charge in [-0.05, 0) is 43.4 Å². The van der Waals surface area contributed by atoms with Crippen molar-refractivity contribution >= 4 is 0 Å². The first-order valence-electron chi connectivity index (χ1n) is 9.29. The summed E-state index contributed by atoms with van der Waals surface area (Å²) >= 11 is 0. The predicted molar refractivity (Wildman–Crippen MR) is 88.0 cm³/mol. The number of hydrogen-bond donors (Lipinski definition) is 4. The molecule has 8 atom stereocenters. The Morgan fingerprint density at radius 1 is 1.12 bits per heavy atom. The molecule has 26 heavy (non-hydrogen) atoms. The molecule has 0 radical (unpaired) electrons. The number of hydrogen-bond acceptors (Lipinski definition) is 8. The zero-order valence-corrected chi connectivity index (χ0v) is 14.8. The molecule has 2 aliphatic carbocycles. The fraction of sp³-hybridized carbons (Fsp3) is 0.882. The topological polar surface area (TPSA) is 130 Å². The number of aromatic nitrogens is 3. The largest absolute Gasteiger partial charge is 0.396 e. The summed E-state index contributed by atoms with van der Waals surface area (Å²) in [7, 11) is 1.46. The van der Waals surface area contributed by atoms with Crippen molar-refractivity contribution in [1.82, 2.24) is 15.0 Å². The molecule has 0 aromatic carbocycles. The minimum Gasteiger partial charge on any atom is -0.396 e. The maximum absolute atomic E-state index is 10.6. The smallest absolute Gasteiger partial charge is 0.182 e. The highest BCUT2D eigenvalue weighted by Crippen LogP contribution is 2.52. The third kappa shape index (κ3) is 2.87. The summed E-state index contributed by atoms with van der Waals surface area (Å²) in [5.41, 5.74) is 1.82. The minimum atomic E-state index is -1.24. The van der Waals surface area contributed by atoms with Crippen LogP contribution >= 0.6 is 0 Å². The van der Waals surface area contributed by atoms with Crippen molar-refractivity contribution in [3.8, 4) is 0 Å². The molecule has 4 N–H and O–H groups in total. The van der Waals surface area contributed by atoms with Crippen LogP contribution in [0.5, 0.6) is 0 Å². The van der Waals surface area contributed by atoms with E-state index in [1.54, 1.807) is 4.68 Å². The maximum Gasteiger partial charge on any atom is 0.182 e. The maximum atomic E-state index is 10.6. The predicted octanol–water partition coefficient (Wildman–Crippen LogP) is -1.36. The van der Waals surface area contributed by atoms with Crippen molar-refractivity contribution in [1.29, 1.82) is 0 Å². The van der Waals surface area contributed by atoms with Crippen molar-refractivity contribution in [2.45, 2.75) is 56.3 Å². The van der Waals surface area contributed by atoms with Gasteiger partial charge in [-0.3, -0.25) is 0 Å². The molecule has 0 spiro atoms. The molecule has 0 unspecified atom stereocenters. The number of aliphatic hydroxyl groups excluding tert-OH is 4. The van der Waals surface area contributed by atoms with E-state index >= 15 is 0 Å². The molecule has 1 aromatic heterocycles. The van der Waals surface area contributed by atoms with Crippen LogP contribution in [0.1, 0.15) is 30.3 Å². The lowest BCUT2D eigenvalue weighted by atomic mass is 9.95. The first-order valence-corrected chi connectivity index (χ1v) is 9.29. The highest BCUT2D eigenvalue weighted by molar-refractivity contribution is 5.17. The summed E-state index contributed by atoms with van der Waals surface area (Å²) in [6, 6.07) is -0.739. The van der Waals surface area contributed by atoms with E-state index in [1.807, 2.05) is 0 Å². The van der Waals surface area contributed by atoms with Gasteiger partial charge in [-0.2, -0.15) is 0 Å². The fourth-order valence-corrected chi connectivity index (χ4v) is 4.82. The Hall–Kier alpha value is -1.10. The highest BCUT2D eigenvalue weighted by Gasteiger charge is 2.50. The van der Waals surface area contributed by atoms with Crippen molar-refractivity contribution in [3.63, 3.8) is 0 Å². The Bertz CT molecular complexity index is 638. The summed E-state index contributed by atoms with van der Waals surface area (Å²) in [5, 5.41) is 48.3. The van der Waals surface area contributed by atoms with E-state index in [2.05, 4.69) is 10.3 Å². The average molecular weight is 369 g/mol. The number of aryl methyl sites for hydroxylation is 1. The SMILES string of the molecule is CO[C@H]1O[C@H](CO)[C@@H](O)[C@H](O)[C@H]1n1nnc2c1CC[C@H]1[C@@H](CO)[C@H]1CC2. The van der Waals surface area contributed by atoms with E-state index in [0.717, 1.165) is 37.1 Å². The van der Waals surface area contributed by atoms with E-state index in [9.17, 15) is 20.4 Å². The zero-order valence-electron chi connectivity index (χ0n) is 14.8. The molecule has 1 saturated heterocycles. The summed E-state index contributed by atoms with van der Waals surface area (Å²) in [5.74, 6) is 1.50. The fourth-order valence-electron chi connectivity index (χ4n) is 4.82. The first-order chi connectivity index (χ1) is 12.6. The van der Waals surface area contributed by atoms with Gasteiger partial charge in [-0.25, -0.2) is 4.68 Å². The van der Waals surface area contributed by atoms with Crippen molar-refractivity contribution < 1.29 is 29.9 Å². The molecule has 1 aliphatic heterocycles. The van der Waals surface area contributed by atoms with E-state index in [1.165, 1.54) is 7.11 Å². The normalized spacial score (nSPS) is 42.5. The quantitative estimate of drug-likeness (QED) is 0.512. The summed E-state index contributed by atoms with van der Waals surface area (Å²) < 4.78 is 12.6. The van der Waals surface area contributed by atoms with Gasteiger partial charge >= 0.3 is 0 Å². The lowest BCUT2D eigenvalue weighted by Gasteiger charge is -2.41. The lowest BCUT2D eigenvalue weighted by Crippen LogP contribution is -2.57. The first kappa shape index (κ1) is 18.3. The van der Waals surface area contributed by atoms with Crippen LogP contribution in [-0.2, 0) is 22.3 Å². The molecule has 9 heteroatoms. The molecule has 0 amide bonds. The zero-order chi connectivity index (χ0) is 18.4. The molecule has 3 aliphatic rings. The van der Waals surface area contributed by atoms with Gasteiger partial charge < -0.3 is 29.9 Å². The molecule has 2 fully saturated rings. The molecule has 1 aromatic rings. The van der Waals surface area contributed by atoms with E-state index in [0.29, 0.717) is 17.8 Å². The third-order valence-corrected chi connectivity index (χ3v) is 6.38. The van der Waals surface area contributed by atoms with Gasteiger partial charge in [0.2, 0.25) is 0 Å². The van der Waals surface area contributed by atoms with Gasteiger partial charge in [0.05, 0.1) is 18.0 Å². The number of rotatable bonds is 4. The Morgan fingerprint density at radius 3 is 2.50 bits per heavy atom. The number of methoxy groups -OCH3 is 1. The Kier molecular flexibility index (Phi) is 5.02. The van der Waals surface area contributed by atoms with Gasteiger partial charge in [0, 0.05) is 13.7 Å². The van der Waals surface area contributed by atoms with Crippen LogP contribution in [0.4, 0.5) is 0 Å². The van der Waals surface area contributed by atoms with Gasteiger partial charge in [-0.1, -0.05) is 5.21 Å². The van der Waals surface area contributed by atoms with Crippen molar-refractivity contribution in [2.24, 2.45) is 17.8 Å². The molecule has 9 nitrogen and oxygen atoms in total. The van der Waals surface area contributed by atoms with Crippen LogP contribution in [0.3, 0.4) is 0 Å². The number of ether oxygens (including phenoxy) is 2. The minimum absolute atomic E-state index is 0.237. The molecule has 146 valence electrons. The van der Waals surface area contributed by atoms with Gasteiger partial charge in [-0.15, -0.1) is 5.10 Å². The number of aliphatic hydroxyl groups is 4. The second-order valence-corrected chi connectivity index (χ2v) is 7.61. The monoisotopic (exact) mass is 369 g/mol. The van der Waals surface area contributed by atoms with Gasteiger partial charge in [0.25, 0.3) is 0 Å². The average Bonchev–Trinajstić information content (AvgIpc) is 3.16. The van der Waals surface area contributed by atoms with Crippen LogP contribution in [0.15, 0.2) is 0 Å². The highest BCUT2D eigenvalue weighted by atomic mass is 16.7. The van der Waals surface area contributed by atoms with Crippen molar-refractivity contribution in [3.05, 3.63) is 11.4 Å². The molecular formula is C17H27N3O6. The molecule has 4 rings (SSSR count). The van der Waals surface area contributed by atoms with E-state index in [4.69, 9.17) is 9.47 Å². The van der Waals surface area contributed by atoms with Gasteiger partial charge in [0.1, 0.15) is 24.4 Å². The van der Waals surface area contributed by atoms with Crippen LogP contribution in [0.2, 0.25) is 0 Å². The van der Waals surface area contributed by atoms with Crippen LogP contribution in [0.25, 0.3) is 0 Å². The second kappa shape index (κ2) is 7.14. The van der Waals surface area contributed by atoms with Gasteiger partial charge in [0.15, 0.2) is 6.29 Å². The molecule has 1 saturated carbocycles. The summed E-state index contributed by atoms with van der Waals surface area (Å²) in [6.45, 7) is -0.174. The Balaban J connectivity index is 1.60. The lowest BCUT2D eigenvalue weighted by molar-refractivity contribution is -0.274.